The number of pyridine rings is 1. The number of fused-ring (bicyclic) bond motifs is 1. The molecule has 1 aliphatic carbocycles. The zero-order chi connectivity index (χ0) is 46.8. The molecular formula is C39H35ClF9N7O5S2. The first-order chi connectivity index (χ1) is 28.9. The van der Waals surface area contributed by atoms with Crippen LogP contribution in [0.15, 0.2) is 42.5 Å². The normalized spacial score (nSPS) is 16.4. The van der Waals surface area contributed by atoms with Crippen molar-refractivity contribution in [2.45, 2.75) is 81.9 Å². The van der Waals surface area contributed by atoms with Crippen LogP contribution in [-0.4, -0.2) is 76.9 Å². The maximum atomic E-state index is 14.6. The average molecular weight is 952 g/mol. The van der Waals surface area contributed by atoms with Crippen LogP contribution in [0.3, 0.4) is 0 Å². The van der Waals surface area contributed by atoms with Crippen molar-refractivity contribution in [3.63, 3.8) is 0 Å². The highest BCUT2D eigenvalue weighted by Gasteiger charge is 2.49. The van der Waals surface area contributed by atoms with Crippen LogP contribution in [0, 0.1) is 30.4 Å². The van der Waals surface area contributed by atoms with Gasteiger partial charge in [0.15, 0.2) is 21.3 Å². The summed E-state index contributed by atoms with van der Waals surface area (Å²) in [5.41, 5.74) is -3.29. The fourth-order valence-corrected chi connectivity index (χ4v) is 7.73. The molecule has 3 aromatic heterocycles. The van der Waals surface area contributed by atoms with Crippen LogP contribution >= 0.6 is 11.6 Å². The fourth-order valence-electron chi connectivity index (χ4n) is 6.76. The third-order valence-corrected chi connectivity index (χ3v) is 12.8. The minimum absolute atomic E-state index is 0.122. The number of hydrogen-bond acceptors (Lipinski definition) is 8. The first-order valence-corrected chi connectivity index (χ1v) is 22.6. The van der Waals surface area contributed by atoms with Crippen LogP contribution < -0.4 is 10.0 Å². The Bertz CT molecular complexity index is 2920. The lowest BCUT2D eigenvalue weighted by Crippen LogP contribution is -2.34. The lowest BCUT2D eigenvalue weighted by molar-refractivity contribution is -0.142. The molecule has 2 aromatic carbocycles. The highest BCUT2D eigenvalue weighted by Crippen LogP contribution is 2.49. The van der Waals surface area contributed by atoms with Gasteiger partial charge in [0.05, 0.1) is 33.9 Å². The Morgan fingerprint density at radius 3 is 2.13 bits per heavy atom. The second-order valence-electron chi connectivity index (χ2n) is 15.4. The van der Waals surface area contributed by atoms with Crippen molar-refractivity contribution in [2.75, 3.05) is 17.2 Å². The summed E-state index contributed by atoms with van der Waals surface area (Å²) in [5, 5.41) is 9.46. The molecule has 3 atom stereocenters. The number of rotatable bonds is 12. The Labute approximate surface area is 359 Å². The molecule has 63 heavy (non-hydrogen) atoms. The second-order valence-corrected chi connectivity index (χ2v) is 20.2. The third-order valence-electron chi connectivity index (χ3n) is 10.0. The minimum atomic E-state index is -5.03. The molecule has 1 saturated carbocycles. The summed E-state index contributed by atoms with van der Waals surface area (Å²) in [6.45, 7) is 1.10. The van der Waals surface area contributed by atoms with Crippen LogP contribution in [0.4, 0.5) is 45.3 Å². The molecule has 12 nitrogen and oxygen atoms in total. The molecule has 0 saturated heterocycles. The van der Waals surface area contributed by atoms with E-state index in [1.54, 1.807) is 0 Å². The summed E-state index contributed by atoms with van der Waals surface area (Å²) in [7, 11) is -7.99. The predicted molar refractivity (Wildman–Crippen MR) is 213 cm³/mol. The first kappa shape index (κ1) is 47.1. The smallest absolute Gasteiger partial charge is 0.346 e. The molecule has 0 spiro atoms. The summed E-state index contributed by atoms with van der Waals surface area (Å²) in [6, 6.07) is 5.70. The van der Waals surface area contributed by atoms with Crippen LogP contribution in [0.1, 0.15) is 66.1 Å². The van der Waals surface area contributed by atoms with Gasteiger partial charge in [-0.25, -0.2) is 35.0 Å². The number of anilines is 1. The predicted octanol–water partition coefficient (Wildman–Crippen LogP) is 7.59. The number of aromatic nitrogens is 5. The lowest BCUT2D eigenvalue weighted by Gasteiger charge is -2.23. The zero-order valence-electron chi connectivity index (χ0n) is 33.5. The van der Waals surface area contributed by atoms with E-state index in [0.29, 0.717) is 21.7 Å². The molecule has 1 aliphatic rings. The van der Waals surface area contributed by atoms with Crippen LogP contribution in [0.5, 0.6) is 0 Å². The summed E-state index contributed by atoms with van der Waals surface area (Å²) >= 11 is 6.47. The zero-order valence-corrected chi connectivity index (χ0v) is 35.9. The van der Waals surface area contributed by atoms with Crippen LogP contribution in [0.25, 0.3) is 22.0 Å². The highest BCUT2D eigenvalue weighted by atomic mass is 35.5. The van der Waals surface area contributed by atoms with Crippen molar-refractivity contribution in [1.82, 2.24) is 29.9 Å². The minimum Gasteiger partial charge on any atom is -0.346 e. The Balaban J connectivity index is 1.60. The number of amides is 1. The number of halogens is 10. The molecule has 0 aliphatic heterocycles. The van der Waals surface area contributed by atoms with Gasteiger partial charge in [0.2, 0.25) is 15.9 Å². The van der Waals surface area contributed by atoms with Crippen molar-refractivity contribution in [1.29, 1.82) is 0 Å². The van der Waals surface area contributed by atoms with Crippen molar-refractivity contribution < 1.29 is 61.1 Å². The summed E-state index contributed by atoms with van der Waals surface area (Å²) in [4.78, 5) is 18.5. The molecular weight excluding hydrogens is 917 g/mol. The molecule has 0 bridgehead atoms. The van der Waals surface area contributed by atoms with E-state index in [9.17, 15) is 61.1 Å². The Morgan fingerprint density at radius 1 is 0.952 bits per heavy atom. The van der Waals surface area contributed by atoms with Crippen molar-refractivity contribution in [2.24, 2.45) is 0 Å². The lowest BCUT2D eigenvalue weighted by atomic mass is 9.93. The topological polar surface area (TPSA) is 158 Å². The fraction of sp³-hybridized carbons (Fsp3) is 0.385. The number of benzene rings is 2. The van der Waals surface area contributed by atoms with Gasteiger partial charge in [-0.1, -0.05) is 23.6 Å². The molecule has 3 heterocycles. The number of sulfone groups is 1. The molecule has 1 amide bonds. The van der Waals surface area contributed by atoms with Gasteiger partial charge in [-0.3, -0.25) is 18.9 Å². The molecule has 1 unspecified atom stereocenters. The van der Waals surface area contributed by atoms with Gasteiger partial charge in [0, 0.05) is 40.6 Å². The maximum Gasteiger partial charge on any atom is 0.435 e. The average Bonchev–Trinajstić information content (AvgIpc) is 3.60. The number of nitrogens with one attached hydrogen (secondary N) is 2. The van der Waals surface area contributed by atoms with Gasteiger partial charge in [-0.2, -0.15) is 36.5 Å². The molecule has 0 radical (unpaired) electrons. The first-order valence-electron chi connectivity index (χ1n) is 18.4. The molecule has 6 rings (SSSR count). The summed E-state index contributed by atoms with van der Waals surface area (Å²) in [5.74, 6) is 0.304. The monoisotopic (exact) mass is 951 g/mol. The second kappa shape index (κ2) is 16.7. The summed E-state index contributed by atoms with van der Waals surface area (Å²) < 4.78 is 179. The number of carbonyl (C=O) groups is 1. The molecule has 2 N–H and O–H groups in total. The van der Waals surface area contributed by atoms with Gasteiger partial charge < -0.3 is 5.32 Å². The summed E-state index contributed by atoms with van der Waals surface area (Å²) in [6.07, 6.45) is -10.7. The maximum absolute atomic E-state index is 14.6. The number of sulfonamides is 1. The Kier molecular flexibility index (Phi) is 12.5. The number of alkyl halides is 7. The van der Waals surface area contributed by atoms with E-state index in [4.69, 9.17) is 11.6 Å². The largest absolute Gasteiger partial charge is 0.435 e. The number of hydrogen-bond donors (Lipinski definition) is 2. The quantitative estimate of drug-likeness (QED) is 0.0958. The van der Waals surface area contributed by atoms with E-state index in [2.05, 4.69) is 32.3 Å². The van der Waals surface area contributed by atoms with Crippen molar-refractivity contribution in [3.05, 3.63) is 93.0 Å². The van der Waals surface area contributed by atoms with E-state index in [0.717, 1.165) is 18.4 Å². The van der Waals surface area contributed by atoms with Crippen molar-refractivity contribution >= 4 is 54.1 Å². The van der Waals surface area contributed by atoms with Gasteiger partial charge in [0.25, 0.3) is 0 Å². The van der Waals surface area contributed by atoms with Gasteiger partial charge in [0.1, 0.15) is 41.3 Å². The van der Waals surface area contributed by atoms with Gasteiger partial charge in [-0.15, -0.1) is 0 Å². The SMILES string of the molecule is Cc1c([C@H]2CC2F)c(C(F)(F)F)nn1CC(=O)N[C@@H](Cc1cc(F)cc(F)c1)c1nc(C#CC(C)(C)S(C)(=O)=O)ccc1-c1ccc(Cl)c2c(NS(C)(=O)=O)nn(CC(F)(F)F)c12. The molecule has 24 heteroatoms. The van der Waals surface area contributed by atoms with Crippen LogP contribution in [-0.2, 0) is 50.3 Å². The van der Waals surface area contributed by atoms with Gasteiger partial charge >= 0.3 is 12.4 Å². The number of carbonyl (C=O) groups excluding carboxylic acids is 1. The van der Waals surface area contributed by atoms with E-state index >= 15 is 0 Å². The van der Waals surface area contributed by atoms with E-state index in [-0.39, 0.29) is 50.6 Å². The van der Waals surface area contributed by atoms with E-state index in [1.807, 2.05) is 4.72 Å². The molecule has 5 aromatic rings. The van der Waals surface area contributed by atoms with Crippen LogP contribution in [0.2, 0.25) is 5.02 Å². The standard InChI is InChI=1S/C39H35ClF9N7O5S2/c1-19-31(26-16-28(26)43)35(39(47,48)49)52-55(19)17-30(57)51-29(14-20-12-21(41)15-22(42)13-20)33-24(7-6-23(50-33)10-11-37(2,3)62(4,58)59)25-8-9-27(40)32-34(25)56(18-38(44,45)46)53-36(32)54-63(5,60)61/h6-9,12-13,15,26,28-29H,14,16-18H2,1-5H3,(H,51,57)(H,53,54)/t26-,28?,29-/m0/s1. The van der Waals surface area contributed by atoms with E-state index < -0.39 is 115 Å². The number of nitrogens with zero attached hydrogens (tertiary/aromatic N) is 5. The molecule has 338 valence electrons. The Morgan fingerprint density at radius 2 is 1.57 bits per heavy atom. The van der Waals surface area contributed by atoms with Gasteiger partial charge in [-0.05, 0) is 75.4 Å². The highest BCUT2D eigenvalue weighted by molar-refractivity contribution is 7.92. The van der Waals surface area contributed by atoms with E-state index in [1.165, 1.54) is 45.0 Å². The van der Waals surface area contributed by atoms with Crippen molar-refractivity contribution in [3.8, 4) is 23.0 Å². The third kappa shape index (κ3) is 10.7. The Hall–Kier alpha value is -5.34. The molecule has 1 fully saturated rings.